The zero-order valence-corrected chi connectivity index (χ0v) is 23.1. The van der Waals surface area contributed by atoms with E-state index in [1.165, 1.54) is 33.0 Å². The maximum absolute atomic E-state index is 12.5. The molecule has 2 amide bonds. The Morgan fingerprint density at radius 1 is 0.757 bits per heavy atom. The Morgan fingerprint density at radius 2 is 1.32 bits per heavy atom. The van der Waals surface area contributed by atoms with E-state index < -0.39 is 11.2 Å². The average molecular weight is 505 g/mol. The number of ether oxygens (including phenoxy) is 2. The molecule has 4 rings (SSSR count). The van der Waals surface area contributed by atoms with Crippen molar-refractivity contribution in [1.29, 1.82) is 0 Å². The van der Waals surface area contributed by atoms with Gasteiger partial charge in [-0.05, 0) is 88.3 Å². The lowest BCUT2D eigenvalue weighted by atomic mass is 9.89. The minimum Gasteiger partial charge on any atom is -0.444 e. The Kier molecular flexibility index (Phi) is 7.67. The van der Waals surface area contributed by atoms with E-state index in [1.807, 2.05) is 41.5 Å². The summed E-state index contributed by atoms with van der Waals surface area (Å²) in [5.41, 5.74) is 4.17. The van der Waals surface area contributed by atoms with E-state index in [9.17, 15) is 9.59 Å². The van der Waals surface area contributed by atoms with E-state index in [4.69, 9.17) is 9.47 Å². The summed E-state index contributed by atoms with van der Waals surface area (Å²) < 4.78 is 11.1. The van der Waals surface area contributed by atoms with E-state index in [2.05, 4.69) is 48.6 Å². The molecule has 0 aliphatic carbocycles. The molecule has 2 aromatic carbocycles. The van der Waals surface area contributed by atoms with Crippen LogP contribution >= 0.6 is 0 Å². The summed E-state index contributed by atoms with van der Waals surface area (Å²) in [6, 6.07) is 13.0. The summed E-state index contributed by atoms with van der Waals surface area (Å²) in [6.45, 7) is 13.8. The van der Waals surface area contributed by atoms with Gasteiger partial charge in [-0.2, -0.15) is 0 Å². The Bertz CT molecular complexity index is 1230. The molecule has 0 aromatic heterocycles. The number of nitrogens with zero attached hydrogens (tertiary/aromatic N) is 2. The highest BCUT2D eigenvalue weighted by atomic mass is 16.6. The van der Waals surface area contributed by atoms with Gasteiger partial charge in [0.2, 0.25) is 0 Å². The highest BCUT2D eigenvalue weighted by Crippen LogP contribution is 2.33. The quantitative estimate of drug-likeness (QED) is 0.423. The van der Waals surface area contributed by atoms with Crippen molar-refractivity contribution in [2.24, 2.45) is 0 Å². The van der Waals surface area contributed by atoms with Gasteiger partial charge >= 0.3 is 12.2 Å². The van der Waals surface area contributed by atoms with E-state index in [0.29, 0.717) is 26.2 Å². The van der Waals surface area contributed by atoms with Crippen molar-refractivity contribution in [2.75, 3.05) is 26.2 Å². The van der Waals surface area contributed by atoms with Crippen LogP contribution in [0.25, 0.3) is 16.3 Å². The molecule has 2 aliphatic heterocycles. The Labute approximate surface area is 220 Å². The topological polar surface area (TPSA) is 59.1 Å². The van der Waals surface area contributed by atoms with Crippen LogP contribution in [-0.2, 0) is 15.9 Å². The van der Waals surface area contributed by atoms with Gasteiger partial charge < -0.3 is 19.3 Å². The predicted molar refractivity (Wildman–Crippen MR) is 149 cm³/mol. The third-order valence-electron chi connectivity index (χ3n) is 6.59. The molecule has 0 atom stereocenters. The third-order valence-corrected chi connectivity index (χ3v) is 6.59. The monoisotopic (exact) mass is 504 g/mol. The summed E-state index contributed by atoms with van der Waals surface area (Å²) in [6.07, 6.45) is 6.34. The number of hydrogen-bond acceptors (Lipinski definition) is 4. The van der Waals surface area contributed by atoms with E-state index in [-0.39, 0.29) is 12.2 Å². The molecule has 6 nitrogen and oxygen atoms in total. The highest BCUT2D eigenvalue weighted by molar-refractivity contribution is 5.96. The fraction of sp³-hybridized carbons (Fsp3) is 0.484. The first-order valence-electron chi connectivity index (χ1n) is 13.2. The van der Waals surface area contributed by atoms with Gasteiger partial charge in [0.05, 0.1) is 0 Å². The molecule has 198 valence electrons. The largest absolute Gasteiger partial charge is 0.444 e. The molecule has 0 bridgehead atoms. The van der Waals surface area contributed by atoms with Crippen LogP contribution in [0.5, 0.6) is 0 Å². The number of benzene rings is 2. The molecule has 2 aliphatic rings. The van der Waals surface area contributed by atoms with Crippen LogP contribution in [0.4, 0.5) is 9.59 Å². The second-order valence-electron chi connectivity index (χ2n) is 11.9. The van der Waals surface area contributed by atoms with Crippen molar-refractivity contribution in [1.82, 2.24) is 9.80 Å². The minimum atomic E-state index is -0.491. The number of fused-ring (bicyclic) bond motifs is 1. The number of hydrogen-bond donors (Lipinski definition) is 0. The Hall–Kier alpha value is -3.28. The fourth-order valence-electron chi connectivity index (χ4n) is 4.81. The normalized spacial score (nSPS) is 16.8. The lowest BCUT2D eigenvalue weighted by molar-refractivity contribution is 0.0257. The van der Waals surface area contributed by atoms with Crippen molar-refractivity contribution < 1.29 is 19.1 Å². The molecule has 0 unspecified atom stereocenters. The number of rotatable bonds is 3. The minimum absolute atomic E-state index is 0.247. The molecule has 0 saturated heterocycles. The lowest BCUT2D eigenvalue weighted by Crippen LogP contribution is -2.39. The molecule has 0 saturated carbocycles. The molecular weight excluding hydrogens is 464 g/mol. The van der Waals surface area contributed by atoms with Gasteiger partial charge in [-0.25, -0.2) is 9.59 Å². The maximum Gasteiger partial charge on any atom is 0.410 e. The number of carbonyl (C=O) groups is 2. The maximum atomic E-state index is 12.5. The molecule has 0 fully saturated rings. The highest BCUT2D eigenvalue weighted by Gasteiger charge is 2.25. The van der Waals surface area contributed by atoms with Crippen LogP contribution in [-0.4, -0.2) is 59.4 Å². The zero-order chi connectivity index (χ0) is 26.8. The van der Waals surface area contributed by atoms with Crippen molar-refractivity contribution in [3.63, 3.8) is 0 Å². The number of amides is 2. The van der Waals surface area contributed by atoms with Crippen LogP contribution in [0.1, 0.15) is 65.5 Å². The second kappa shape index (κ2) is 10.6. The van der Waals surface area contributed by atoms with Gasteiger partial charge in [-0.3, -0.25) is 0 Å². The predicted octanol–water partition coefficient (Wildman–Crippen LogP) is 6.97. The van der Waals surface area contributed by atoms with Gasteiger partial charge in [0, 0.05) is 26.2 Å². The fourth-order valence-corrected chi connectivity index (χ4v) is 4.81. The van der Waals surface area contributed by atoms with Gasteiger partial charge in [0.1, 0.15) is 11.2 Å². The Balaban J connectivity index is 1.48. The molecular formula is C31H40N2O4. The summed E-state index contributed by atoms with van der Waals surface area (Å²) in [7, 11) is 0. The molecule has 0 radical (unpaired) electrons. The van der Waals surface area contributed by atoms with Crippen LogP contribution in [0, 0.1) is 0 Å². The standard InChI is InChI=1S/C31H40N2O4/c1-30(2,3)36-28(34)32-17-13-22(14-18-32)21-24-11-12-26(27-10-8-7-9-25(24)27)23-15-19-33(20-16-23)29(35)37-31(4,5)6/h7-13,15H,14,16-21H2,1-6H3. The SMILES string of the molecule is CC(C)(C)OC(=O)N1CC=C(Cc2ccc(C3=CCN(C(=O)OC(C)(C)C)CC3)c3ccccc23)CC1. The first-order valence-corrected chi connectivity index (χ1v) is 13.2. The van der Waals surface area contributed by atoms with Crippen molar-refractivity contribution >= 4 is 28.5 Å². The molecule has 2 aromatic rings. The molecule has 0 N–H and O–H groups in total. The summed E-state index contributed by atoms with van der Waals surface area (Å²) in [4.78, 5) is 28.4. The Morgan fingerprint density at radius 3 is 1.84 bits per heavy atom. The van der Waals surface area contributed by atoms with Crippen LogP contribution in [0.2, 0.25) is 0 Å². The lowest BCUT2D eigenvalue weighted by Gasteiger charge is -2.30. The summed E-state index contributed by atoms with van der Waals surface area (Å²) in [5.74, 6) is 0. The second-order valence-corrected chi connectivity index (χ2v) is 11.9. The molecule has 0 spiro atoms. The van der Waals surface area contributed by atoms with Crippen LogP contribution in [0.3, 0.4) is 0 Å². The summed E-state index contributed by atoms with van der Waals surface area (Å²) >= 11 is 0. The van der Waals surface area contributed by atoms with E-state index >= 15 is 0 Å². The van der Waals surface area contributed by atoms with Crippen molar-refractivity contribution in [2.45, 2.75) is 72.0 Å². The van der Waals surface area contributed by atoms with Gasteiger partial charge in [-0.15, -0.1) is 0 Å². The van der Waals surface area contributed by atoms with Crippen LogP contribution in [0.15, 0.2) is 54.1 Å². The van der Waals surface area contributed by atoms with Gasteiger partial charge in [0.15, 0.2) is 0 Å². The third kappa shape index (κ3) is 6.94. The van der Waals surface area contributed by atoms with E-state index in [1.54, 1.807) is 9.80 Å². The number of carbonyl (C=O) groups excluding carboxylic acids is 2. The van der Waals surface area contributed by atoms with Crippen LogP contribution < -0.4 is 0 Å². The average Bonchev–Trinajstić information content (AvgIpc) is 2.83. The molecule has 2 heterocycles. The van der Waals surface area contributed by atoms with E-state index in [0.717, 1.165) is 19.3 Å². The summed E-state index contributed by atoms with van der Waals surface area (Å²) in [5, 5.41) is 2.50. The first kappa shape index (κ1) is 26.8. The molecule has 6 heteroatoms. The molecule has 37 heavy (non-hydrogen) atoms. The first-order chi connectivity index (χ1) is 17.4. The van der Waals surface area contributed by atoms with Gasteiger partial charge in [-0.1, -0.05) is 54.1 Å². The van der Waals surface area contributed by atoms with Crippen molar-refractivity contribution in [3.05, 3.63) is 65.3 Å². The zero-order valence-electron chi connectivity index (χ0n) is 23.1. The van der Waals surface area contributed by atoms with Gasteiger partial charge in [0.25, 0.3) is 0 Å². The van der Waals surface area contributed by atoms with Crippen molar-refractivity contribution in [3.8, 4) is 0 Å². The smallest absolute Gasteiger partial charge is 0.410 e.